The molecule has 0 aliphatic rings. The van der Waals surface area contributed by atoms with Gasteiger partial charge >= 0.3 is 0 Å². The van der Waals surface area contributed by atoms with Crippen LogP contribution in [0.5, 0.6) is 0 Å². The highest BCUT2D eigenvalue weighted by atomic mass is 35.5. The Morgan fingerprint density at radius 2 is 1.47 bits per heavy atom. The molecule has 0 saturated heterocycles. The van der Waals surface area contributed by atoms with Gasteiger partial charge in [-0.1, -0.05) is 11.6 Å². The molecule has 87 valence electrons. The van der Waals surface area contributed by atoms with Gasteiger partial charge in [-0.25, -0.2) is 17.6 Å². The normalized spacial score (nSPS) is 10.6. The van der Waals surface area contributed by atoms with Crippen molar-refractivity contribution in [3.05, 3.63) is 58.6 Å². The lowest BCUT2D eigenvalue weighted by Crippen LogP contribution is -1.95. The second kappa shape index (κ2) is 4.37. The Bertz CT molecular complexity index is 537. The molecule has 2 aromatic carbocycles. The molecule has 0 fully saturated rings. The van der Waals surface area contributed by atoms with Crippen molar-refractivity contribution >= 4 is 11.6 Å². The highest BCUT2D eigenvalue weighted by Gasteiger charge is 2.19. The molecule has 0 nitrogen and oxygen atoms in total. The van der Waals surface area contributed by atoms with Crippen molar-refractivity contribution in [1.29, 1.82) is 0 Å². The van der Waals surface area contributed by atoms with Gasteiger partial charge < -0.3 is 0 Å². The van der Waals surface area contributed by atoms with Crippen LogP contribution in [0, 0.1) is 29.3 Å². The van der Waals surface area contributed by atoms with Gasteiger partial charge in [0.2, 0.25) is 0 Å². The first kappa shape index (κ1) is 11.9. The topological polar surface area (TPSA) is 0 Å². The minimum absolute atomic E-state index is 0.269. The maximum atomic E-state index is 13.5. The second-order valence-electron chi connectivity index (χ2n) is 3.26. The van der Waals surface area contributed by atoms with Crippen molar-refractivity contribution in [2.24, 2.45) is 0 Å². The van der Waals surface area contributed by atoms with Crippen molar-refractivity contribution in [3.63, 3.8) is 0 Å². The molecule has 0 amide bonds. The summed E-state index contributed by atoms with van der Waals surface area (Å²) in [7, 11) is 0. The number of halogens is 5. The van der Waals surface area contributed by atoms with Crippen LogP contribution in [0.2, 0.25) is 5.02 Å². The summed E-state index contributed by atoms with van der Waals surface area (Å²) in [6, 6.07) is 5.47. The predicted molar refractivity (Wildman–Crippen MR) is 55.6 cm³/mol. The maximum absolute atomic E-state index is 13.5. The van der Waals surface area contributed by atoms with Gasteiger partial charge in [0, 0.05) is 23.8 Å². The van der Waals surface area contributed by atoms with Crippen molar-refractivity contribution in [2.45, 2.75) is 0 Å². The quantitative estimate of drug-likeness (QED) is 0.668. The largest absolute Gasteiger partial charge is 0.207 e. The number of benzene rings is 2. The molecule has 0 spiro atoms. The Hall–Kier alpha value is -1.55. The van der Waals surface area contributed by atoms with Crippen LogP contribution in [-0.2, 0) is 0 Å². The molecular weight excluding hydrogens is 256 g/mol. The number of rotatable bonds is 1. The van der Waals surface area contributed by atoms with E-state index in [1.807, 2.05) is 0 Å². The SMILES string of the molecule is Fc1cc(F)c(-c2c(Cl)[c]ccc2F)c(F)c1. The molecule has 5 heteroatoms. The zero-order valence-electron chi connectivity index (χ0n) is 8.20. The second-order valence-corrected chi connectivity index (χ2v) is 3.64. The molecule has 0 aromatic heterocycles. The summed E-state index contributed by atoms with van der Waals surface area (Å²) in [5.41, 5.74) is -1.17. The molecule has 2 rings (SSSR count). The van der Waals surface area contributed by atoms with Crippen LogP contribution in [0.15, 0.2) is 24.3 Å². The Morgan fingerprint density at radius 3 is 2.00 bits per heavy atom. The smallest absolute Gasteiger partial charge is 0.137 e. The van der Waals surface area contributed by atoms with E-state index >= 15 is 0 Å². The third-order valence-corrected chi connectivity index (χ3v) is 2.45. The average molecular weight is 260 g/mol. The van der Waals surface area contributed by atoms with Gasteiger partial charge in [0.05, 0.1) is 10.6 Å². The molecule has 0 saturated carbocycles. The zero-order valence-corrected chi connectivity index (χ0v) is 8.96. The fraction of sp³-hybridized carbons (Fsp3) is 0. The molecule has 0 aliphatic carbocycles. The highest BCUT2D eigenvalue weighted by molar-refractivity contribution is 6.33. The van der Waals surface area contributed by atoms with Crippen LogP contribution in [0.25, 0.3) is 11.1 Å². The Kier molecular flexibility index (Phi) is 3.07. The summed E-state index contributed by atoms with van der Waals surface area (Å²) >= 11 is 5.63. The van der Waals surface area contributed by atoms with E-state index in [-0.39, 0.29) is 5.02 Å². The van der Waals surface area contributed by atoms with Crippen LogP contribution < -0.4 is 0 Å². The number of hydrogen-bond donors (Lipinski definition) is 0. The lowest BCUT2D eigenvalue weighted by atomic mass is 10.0. The van der Waals surface area contributed by atoms with E-state index < -0.39 is 34.4 Å². The molecular formula is C12H4ClF4. The molecule has 0 heterocycles. The Morgan fingerprint density at radius 1 is 0.882 bits per heavy atom. The third-order valence-electron chi connectivity index (χ3n) is 2.15. The van der Waals surface area contributed by atoms with E-state index in [2.05, 4.69) is 6.07 Å². The summed E-state index contributed by atoms with van der Waals surface area (Å²) in [6.07, 6.45) is 0. The Balaban J connectivity index is 2.77. The fourth-order valence-corrected chi connectivity index (χ4v) is 1.71. The van der Waals surface area contributed by atoms with E-state index in [4.69, 9.17) is 11.6 Å². The lowest BCUT2D eigenvalue weighted by molar-refractivity contribution is 0.545. The summed E-state index contributed by atoms with van der Waals surface area (Å²) in [5, 5.41) is -0.269. The van der Waals surface area contributed by atoms with E-state index in [1.54, 1.807) is 0 Å². The van der Waals surface area contributed by atoms with Crippen molar-refractivity contribution < 1.29 is 17.6 Å². The molecule has 0 N–H and O–H groups in total. The Labute approximate surface area is 99.5 Å². The van der Waals surface area contributed by atoms with Gasteiger partial charge in [-0.15, -0.1) is 0 Å². The van der Waals surface area contributed by atoms with Crippen LogP contribution >= 0.6 is 11.6 Å². The van der Waals surface area contributed by atoms with Gasteiger partial charge in [-0.05, 0) is 12.1 Å². The number of hydrogen-bond acceptors (Lipinski definition) is 0. The van der Waals surface area contributed by atoms with Gasteiger partial charge in [0.15, 0.2) is 0 Å². The van der Waals surface area contributed by atoms with Gasteiger partial charge in [-0.2, -0.15) is 0 Å². The lowest BCUT2D eigenvalue weighted by Gasteiger charge is -2.08. The van der Waals surface area contributed by atoms with E-state index in [0.717, 1.165) is 6.07 Å². The summed E-state index contributed by atoms with van der Waals surface area (Å²) < 4.78 is 53.1. The van der Waals surface area contributed by atoms with Crippen LogP contribution in [0.4, 0.5) is 17.6 Å². The highest BCUT2D eigenvalue weighted by Crippen LogP contribution is 2.34. The van der Waals surface area contributed by atoms with Crippen molar-refractivity contribution in [3.8, 4) is 11.1 Å². The maximum Gasteiger partial charge on any atom is 0.137 e. The third kappa shape index (κ3) is 2.13. The van der Waals surface area contributed by atoms with E-state index in [1.165, 1.54) is 6.07 Å². The van der Waals surface area contributed by atoms with E-state index in [9.17, 15) is 17.6 Å². The molecule has 2 aromatic rings. The standard InChI is InChI=1S/C12H4ClF4/c13-7-2-1-3-8(15)11(7)12-9(16)4-6(14)5-10(12)17/h1,3-5H. The van der Waals surface area contributed by atoms with Gasteiger partial charge in [0.25, 0.3) is 0 Å². The zero-order chi connectivity index (χ0) is 12.6. The minimum Gasteiger partial charge on any atom is -0.207 e. The molecule has 17 heavy (non-hydrogen) atoms. The molecule has 0 bridgehead atoms. The first-order valence-electron chi connectivity index (χ1n) is 4.51. The summed E-state index contributed by atoms with van der Waals surface area (Å²) in [6.45, 7) is 0. The predicted octanol–water partition coefficient (Wildman–Crippen LogP) is 4.36. The van der Waals surface area contributed by atoms with Crippen LogP contribution in [0.1, 0.15) is 0 Å². The van der Waals surface area contributed by atoms with E-state index in [0.29, 0.717) is 12.1 Å². The molecule has 1 radical (unpaired) electrons. The minimum atomic E-state index is -1.22. The first-order valence-corrected chi connectivity index (χ1v) is 4.89. The molecule has 0 aliphatic heterocycles. The van der Waals surface area contributed by atoms with Gasteiger partial charge in [0.1, 0.15) is 23.3 Å². The fourth-order valence-electron chi connectivity index (χ4n) is 1.46. The summed E-state index contributed by atoms with van der Waals surface area (Å²) in [4.78, 5) is 0. The van der Waals surface area contributed by atoms with Crippen molar-refractivity contribution in [1.82, 2.24) is 0 Å². The van der Waals surface area contributed by atoms with Crippen LogP contribution in [0.3, 0.4) is 0 Å². The summed E-state index contributed by atoms with van der Waals surface area (Å²) in [5.74, 6) is -4.43. The first-order chi connectivity index (χ1) is 8.00. The van der Waals surface area contributed by atoms with Gasteiger partial charge in [-0.3, -0.25) is 0 Å². The average Bonchev–Trinajstić information content (AvgIpc) is 2.21. The van der Waals surface area contributed by atoms with Crippen molar-refractivity contribution in [2.75, 3.05) is 0 Å². The molecule has 0 unspecified atom stereocenters. The van der Waals surface area contributed by atoms with Crippen LogP contribution in [-0.4, -0.2) is 0 Å². The molecule has 0 atom stereocenters. The monoisotopic (exact) mass is 259 g/mol.